The van der Waals surface area contributed by atoms with E-state index in [9.17, 15) is 4.79 Å². The number of ketones is 1. The van der Waals surface area contributed by atoms with Gasteiger partial charge in [0.15, 0.2) is 0 Å². The molecule has 0 radical (unpaired) electrons. The Labute approximate surface area is 54.3 Å². The normalized spacial score (nSPS) is 22.6. The van der Waals surface area contributed by atoms with Crippen LogP contribution in [-0.4, -0.2) is 35.6 Å². The average molecular weight is 129 g/mol. The Bertz CT molecular complexity index is 104. The first-order valence-corrected chi connectivity index (χ1v) is 3.18. The van der Waals surface area contributed by atoms with Gasteiger partial charge in [-0.15, -0.1) is 0 Å². The molecule has 0 aromatic rings. The Hall–Kier alpha value is -0.410. The van der Waals surface area contributed by atoms with Crippen molar-refractivity contribution in [3.63, 3.8) is 0 Å². The molecule has 52 valence electrons. The maximum Gasteiger partial charge on any atom is 0.135 e. The van der Waals surface area contributed by atoms with Crippen LogP contribution >= 0.6 is 0 Å². The van der Waals surface area contributed by atoms with Crippen molar-refractivity contribution in [1.82, 2.24) is 4.90 Å². The van der Waals surface area contributed by atoms with Gasteiger partial charge in [-0.2, -0.15) is 0 Å². The fraction of sp³-hybridized carbons (Fsp3) is 0.833. The molecule has 0 bridgehead atoms. The van der Waals surface area contributed by atoms with E-state index in [2.05, 4.69) is 0 Å². The largest absolute Gasteiger partial charge is 0.381 e. The molecule has 1 aliphatic heterocycles. The van der Waals surface area contributed by atoms with Gasteiger partial charge in [0.25, 0.3) is 0 Å². The summed E-state index contributed by atoms with van der Waals surface area (Å²) in [4.78, 5) is 12.5. The van der Waals surface area contributed by atoms with Crippen LogP contribution in [0.15, 0.2) is 0 Å². The number of Topliss-reactive ketones (excluding diaryl/α,β-unsaturated/α-hetero) is 1. The summed E-state index contributed by atoms with van der Waals surface area (Å²) in [6, 6.07) is 0. The summed E-state index contributed by atoms with van der Waals surface area (Å²) in [6.45, 7) is 1.55. The standard InChI is InChI=1S/C6H11NO2/c8-5-7-3-1-6(9)2-4-7/h8H,1-5H2. The first-order valence-electron chi connectivity index (χ1n) is 3.18. The second-order valence-corrected chi connectivity index (χ2v) is 2.30. The lowest BCUT2D eigenvalue weighted by Crippen LogP contribution is -2.34. The van der Waals surface area contributed by atoms with Gasteiger partial charge in [0, 0.05) is 25.9 Å². The van der Waals surface area contributed by atoms with Crippen molar-refractivity contribution < 1.29 is 9.90 Å². The van der Waals surface area contributed by atoms with Gasteiger partial charge in [0.2, 0.25) is 0 Å². The second-order valence-electron chi connectivity index (χ2n) is 2.30. The Morgan fingerprint density at radius 2 is 2.00 bits per heavy atom. The molecule has 0 saturated carbocycles. The highest BCUT2D eigenvalue weighted by Crippen LogP contribution is 2.02. The van der Waals surface area contributed by atoms with Crippen molar-refractivity contribution in [2.75, 3.05) is 19.8 Å². The van der Waals surface area contributed by atoms with Crippen molar-refractivity contribution in [3.05, 3.63) is 0 Å². The van der Waals surface area contributed by atoms with E-state index in [4.69, 9.17) is 5.11 Å². The molecule has 1 aliphatic rings. The zero-order valence-corrected chi connectivity index (χ0v) is 5.34. The van der Waals surface area contributed by atoms with Crippen LogP contribution in [0.3, 0.4) is 0 Å². The highest BCUT2D eigenvalue weighted by atomic mass is 16.3. The first kappa shape index (κ1) is 6.71. The third-order valence-corrected chi connectivity index (χ3v) is 1.61. The summed E-state index contributed by atoms with van der Waals surface area (Å²) in [7, 11) is 0. The number of aliphatic hydroxyl groups excluding tert-OH is 1. The van der Waals surface area contributed by atoms with Crippen LogP contribution in [0.2, 0.25) is 0 Å². The van der Waals surface area contributed by atoms with E-state index in [1.54, 1.807) is 0 Å². The summed E-state index contributed by atoms with van der Waals surface area (Å²) in [5, 5.41) is 8.59. The molecule has 9 heavy (non-hydrogen) atoms. The van der Waals surface area contributed by atoms with Crippen molar-refractivity contribution in [3.8, 4) is 0 Å². The lowest BCUT2D eigenvalue weighted by Gasteiger charge is -2.22. The number of rotatable bonds is 1. The van der Waals surface area contributed by atoms with Crippen LogP contribution in [0.4, 0.5) is 0 Å². The van der Waals surface area contributed by atoms with Crippen LogP contribution in [0.25, 0.3) is 0 Å². The molecular weight excluding hydrogens is 118 g/mol. The number of aliphatic hydroxyl groups is 1. The Balaban J connectivity index is 2.26. The smallest absolute Gasteiger partial charge is 0.135 e. The second kappa shape index (κ2) is 2.94. The Morgan fingerprint density at radius 1 is 1.44 bits per heavy atom. The first-order chi connectivity index (χ1) is 4.33. The van der Waals surface area contributed by atoms with Crippen molar-refractivity contribution in [2.24, 2.45) is 0 Å². The summed E-state index contributed by atoms with van der Waals surface area (Å²) >= 11 is 0. The topological polar surface area (TPSA) is 40.5 Å². The minimum absolute atomic E-state index is 0.0906. The number of nitrogens with zero attached hydrogens (tertiary/aromatic N) is 1. The van der Waals surface area contributed by atoms with Gasteiger partial charge in [-0.1, -0.05) is 0 Å². The molecule has 0 aliphatic carbocycles. The van der Waals surface area contributed by atoms with Crippen LogP contribution in [0.1, 0.15) is 12.8 Å². The third-order valence-electron chi connectivity index (χ3n) is 1.61. The molecule has 0 amide bonds. The van der Waals surface area contributed by atoms with Gasteiger partial charge in [-0.05, 0) is 0 Å². The molecule has 3 nitrogen and oxygen atoms in total. The zero-order chi connectivity index (χ0) is 6.69. The van der Waals surface area contributed by atoms with E-state index in [1.165, 1.54) is 0 Å². The minimum atomic E-state index is 0.0906. The molecule has 0 spiro atoms. The fourth-order valence-electron chi connectivity index (χ4n) is 0.944. The number of carbonyl (C=O) groups is 1. The molecule has 1 heterocycles. The summed E-state index contributed by atoms with van der Waals surface area (Å²) < 4.78 is 0. The molecule has 1 N–H and O–H groups in total. The Kier molecular flexibility index (Phi) is 2.19. The fourth-order valence-corrected chi connectivity index (χ4v) is 0.944. The van der Waals surface area contributed by atoms with Gasteiger partial charge < -0.3 is 5.11 Å². The van der Waals surface area contributed by atoms with E-state index in [0.717, 1.165) is 13.1 Å². The zero-order valence-electron chi connectivity index (χ0n) is 5.34. The van der Waals surface area contributed by atoms with E-state index >= 15 is 0 Å². The van der Waals surface area contributed by atoms with Crippen molar-refractivity contribution in [1.29, 1.82) is 0 Å². The van der Waals surface area contributed by atoms with Gasteiger partial charge in [0.05, 0.1) is 6.73 Å². The third kappa shape index (κ3) is 1.77. The molecule has 1 fully saturated rings. The van der Waals surface area contributed by atoms with Crippen molar-refractivity contribution in [2.45, 2.75) is 12.8 Å². The lowest BCUT2D eigenvalue weighted by molar-refractivity contribution is -0.122. The van der Waals surface area contributed by atoms with Crippen LogP contribution in [0.5, 0.6) is 0 Å². The van der Waals surface area contributed by atoms with E-state index in [1.807, 2.05) is 4.90 Å². The molecule has 1 saturated heterocycles. The molecule has 1 rings (SSSR count). The number of carbonyl (C=O) groups excluding carboxylic acids is 1. The molecular formula is C6H11NO2. The molecule has 0 aromatic heterocycles. The average Bonchev–Trinajstić information content (AvgIpc) is 1.90. The minimum Gasteiger partial charge on any atom is -0.381 e. The molecule has 0 unspecified atom stereocenters. The van der Waals surface area contributed by atoms with Crippen LogP contribution in [0, 0.1) is 0 Å². The number of likely N-dealkylation sites (tertiary alicyclic amines) is 1. The molecule has 0 atom stereocenters. The monoisotopic (exact) mass is 129 g/mol. The lowest BCUT2D eigenvalue weighted by atomic mass is 10.1. The highest BCUT2D eigenvalue weighted by molar-refractivity contribution is 5.79. The maximum absolute atomic E-state index is 10.6. The summed E-state index contributed by atoms with van der Waals surface area (Å²) in [5.74, 6) is 0.319. The Morgan fingerprint density at radius 3 is 2.44 bits per heavy atom. The van der Waals surface area contributed by atoms with Gasteiger partial charge in [-0.3, -0.25) is 9.69 Å². The summed E-state index contributed by atoms with van der Waals surface area (Å²) in [5.41, 5.74) is 0. The molecule has 0 aromatic carbocycles. The van der Waals surface area contributed by atoms with Gasteiger partial charge >= 0.3 is 0 Å². The SMILES string of the molecule is O=C1CCN(CO)CC1. The predicted molar refractivity (Wildman–Crippen MR) is 32.9 cm³/mol. The van der Waals surface area contributed by atoms with Gasteiger partial charge in [0.1, 0.15) is 5.78 Å². The number of piperidine rings is 1. The van der Waals surface area contributed by atoms with E-state index in [0.29, 0.717) is 18.6 Å². The van der Waals surface area contributed by atoms with Crippen LogP contribution in [-0.2, 0) is 4.79 Å². The van der Waals surface area contributed by atoms with E-state index < -0.39 is 0 Å². The van der Waals surface area contributed by atoms with Crippen molar-refractivity contribution >= 4 is 5.78 Å². The van der Waals surface area contributed by atoms with E-state index in [-0.39, 0.29) is 6.73 Å². The summed E-state index contributed by atoms with van der Waals surface area (Å²) in [6.07, 6.45) is 1.22. The van der Waals surface area contributed by atoms with Crippen LogP contribution < -0.4 is 0 Å². The number of hydrogen-bond donors (Lipinski definition) is 1. The highest BCUT2D eigenvalue weighted by Gasteiger charge is 2.13. The quantitative estimate of drug-likeness (QED) is 0.523. The van der Waals surface area contributed by atoms with Gasteiger partial charge in [-0.25, -0.2) is 0 Å². The molecule has 3 heteroatoms. The predicted octanol–water partition coefficient (Wildman–Crippen LogP) is -0.399. The number of hydrogen-bond acceptors (Lipinski definition) is 3. The maximum atomic E-state index is 10.6.